The molecule has 1 saturated heterocycles. The third kappa shape index (κ3) is 2.57. The fourth-order valence-corrected chi connectivity index (χ4v) is 3.42. The topological polar surface area (TPSA) is 81.0 Å². The number of nitrogens with zero attached hydrogens (tertiary/aromatic N) is 1. The lowest BCUT2D eigenvalue weighted by molar-refractivity contribution is -0.132. The van der Waals surface area contributed by atoms with Crippen LogP contribution in [-0.4, -0.2) is 30.1 Å². The second-order valence-corrected chi connectivity index (χ2v) is 6.87. The van der Waals surface area contributed by atoms with Crippen molar-refractivity contribution in [2.24, 2.45) is 0 Å². The van der Waals surface area contributed by atoms with Gasteiger partial charge in [-0.05, 0) is 36.8 Å². The highest BCUT2D eigenvalue weighted by Gasteiger charge is 2.51. The first-order valence-electron chi connectivity index (χ1n) is 7.75. The van der Waals surface area contributed by atoms with Gasteiger partial charge in [0.2, 0.25) is 0 Å². The molecule has 130 valence electrons. The molecular weight excluding hydrogens is 392 g/mol. The Morgan fingerprint density at radius 1 is 1.24 bits per heavy atom. The van der Waals surface area contributed by atoms with Crippen LogP contribution in [0.3, 0.4) is 0 Å². The molecule has 1 aromatic carbocycles. The van der Waals surface area contributed by atoms with Gasteiger partial charge in [0.15, 0.2) is 17.0 Å². The van der Waals surface area contributed by atoms with Gasteiger partial charge in [-0.15, -0.1) is 0 Å². The standard InChI is InChI=1S/C17H15BrN2O5/c1-17(14-3-2-4-25-14)15(21)20(16(22)19-17)9-10-7-12-13(8-11(10)18)24-6-5-23-12/h2-4,7-8H,5-6,9H2,1H3,(H,19,22). The average Bonchev–Trinajstić information content (AvgIpc) is 3.20. The van der Waals surface area contributed by atoms with Crippen molar-refractivity contribution >= 4 is 27.9 Å². The number of benzene rings is 1. The molecule has 0 bridgehead atoms. The third-order valence-corrected chi connectivity index (χ3v) is 5.07. The molecule has 1 fully saturated rings. The van der Waals surface area contributed by atoms with Gasteiger partial charge < -0.3 is 19.2 Å². The van der Waals surface area contributed by atoms with Crippen molar-refractivity contribution in [1.82, 2.24) is 10.2 Å². The van der Waals surface area contributed by atoms with Crippen molar-refractivity contribution in [2.45, 2.75) is 19.0 Å². The number of urea groups is 1. The summed E-state index contributed by atoms with van der Waals surface area (Å²) in [6.45, 7) is 2.70. The van der Waals surface area contributed by atoms with Crippen molar-refractivity contribution in [3.05, 3.63) is 46.3 Å². The van der Waals surface area contributed by atoms with E-state index in [0.29, 0.717) is 30.5 Å². The number of hydrogen-bond donors (Lipinski definition) is 1. The van der Waals surface area contributed by atoms with E-state index in [1.54, 1.807) is 31.2 Å². The Balaban J connectivity index is 1.63. The first-order chi connectivity index (χ1) is 12.0. The molecular formula is C17H15BrN2O5. The lowest BCUT2D eigenvalue weighted by Gasteiger charge is -2.22. The number of carbonyl (C=O) groups excluding carboxylic acids is 2. The number of halogens is 1. The summed E-state index contributed by atoms with van der Waals surface area (Å²) in [7, 11) is 0. The van der Waals surface area contributed by atoms with Crippen molar-refractivity contribution in [3.8, 4) is 11.5 Å². The molecule has 0 saturated carbocycles. The molecule has 7 nitrogen and oxygen atoms in total. The fraction of sp³-hybridized carbons (Fsp3) is 0.294. The molecule has 1 aromatic heterocycles. The van der Waals surface area contributed by atoms with Gasteiger partial charge in [0.1, 0.15) is 19.0 Å². The van der Waals surface area contributed by atoms with Crippen LogP contribution in [0.15, 0.2) is 39.4 Å². The van der Waals surface area contributed by atoms with E-state index in [9.17, 15) is 9.59 Å². The van der Waals surface area contributed by atoms with Crippen LogP contribution in [0.25, 0.3) is 0 Å². The summed E-state index contributed by atoms with van der Waals surface area (Å²) in [5.74, 6) is 1.27. The Labute approximate surface area is 152 Å². The number of amides is 3. The smallest absolute Gasteiger partial charge is 0.325 e. The number of imide groups is 1. The molecule has 2 aliphatic heterocycles. The van der Waals surface area contributed by atoms with Crippen LogP contribution in [0, 0.1) is 0 Å². The van der Waals surface area contributed by atoms with Crippen LogP contribution in [0.1, 0.15) is 18.2 Å². The molecule has 1 unspecified atom stereocenters. The second kappa shape index (κ2) is 5.80. The van der Waals surface area contributed by atoms with Crippen LogP contribution in [0.5, 0.6) is 11.5 Å². The summed E-state index contributed by atoms with van der Waals surface area (Å²) >= 11 is 3.47. The maximum atomic E-state index is 12.9. The molecule has 3 amide bonds. The second-order valence-electron chi connectivity index (χ2n) is 6.01. The van der Waals surface area contributed by atoms with Gasteiger partial charge in [-0.2, -0.15) is 0 Å². The largest absolute Gasteiger partial charge is 0.486 e. The molecule has 2 aromatic rings. The maximum absolute atomic E-state index is 12.9. The highest BCUT2D eigenvalue weighted by atomic mass is 79.9. The molecule has 25 heavy (non-hydrogen) atoms. The number of ether oxygens (including phenoxy) is 2. The van der Waals surface area contributed by atoms with E-state index >= 15 is 0 Å². The molecule has 4 rings (SSSR count). The summed E-state index contributed by atoms with van der Waals surface area (Å²) in [4.78, 5) is 26.4. The van der Waals surface area contributed by atoms with E-state index in [1.165, 1.54) is 11.2 Å². The quantitative estimate of drug-likeness (QED) is 0.792. The van der Waals surface area contributed by atoms with Gasteiger partial charge in [0.25, 0.3) is 5.91 Å². The average molecular weight is 407 g/mol. The van der Waals surface area contributed by atoms with Crippen LogP contribution < -0.4 is 14.8 Å². The summed E-state index contributed by atoms with van der Waals surface area (Å²) in [5.41, 5.74) is -0.461. The predicted molar refractivity (Wildman–Crippen MR) is 90.3 cm³/mol. The zero-order valence-corrected chi connectivity index (χ0v) is 15.0. The van der Waals surface area contributed by atoms with Gasteiger partial charge in [-0.3, -0.25) is 9.69 Å². The fourth-order valence-electron chi connectivity index (χ4n) is 2.97. The number of nitrogens with one attached hydrogen (secondary N) is 1. The molecule has 0 aliphatic carbocycles. The number of furan rings is 1. The van der Waals surface area contributed by atoms with E-state index in [-0.39, 0.29) is 12.5 Å². The van der Waals surface area contributed by atoms with Gasteiger partial charge in [0.05, 0.1) is 12.8 Å². The normalized spacial score (nSPS) is 22.2. The van der Waals surface area contributed by atoms with E-state index in [0.717, 1.165) is 10.0 Å². The number of carbonyl (C=O) groups is 2. The van der Waals surface area contributed by atoms with E-state index in [4.69, 9.17) is 13.9 Å². The SMILES string of the molecule is CC1(c2ccco2)NC(=O)N(Cc2cc3c(cc2Br)OCCO3)C1=O. The van der Waals surface area contributed by atoms with Crippen molar-refractivity contribution in [1.29, 1.82) is 0 Å². The number of hydrogen-bond acceptors (Lipinski definition) is 5. The number of fused-ring (bicyclic) bond motifs is 1. The van der Waals surface area contributed by atoms with E-state index < -0.39 is 11.6 Å². The minimum Gasteiger partial charge on any atom is -0.486 e. The van der Waals surface area contributed by atoms with Crippen molar-refractivity contribution < 1.29 is 23.5 Å². The monoisotopic (exact) mass is 406 g/mol. The van der Waals surface area contributed by atoms with Crippen molar-refractivity contribution in [3.63, 3.8) is 0 Å². The van der Waals surface area contributed by atoms with Crippen LogP contribution in [-0.2, 0) is 16.9 Å². The van der Waals surface area contributed by atoms with E-state index in [1.807, 2.05) is 0 Å². The molecule has 0 spiro atoms. The number of rotatable bonds is 3. The van der Waals surface area contributed by atoms with Gasteiger partial charge in [-0.1, -0.05) is 15.9 Å². The first kappa shape index (κ1) is 16.0. The molecule has 3 heterocycles. The zero-order chi connectivity index (χ0) is 17.6. The highest BCUT2D eigenvalue weighted by molar-refractivity contribution is 9.10. The minimum atomic E-state index is -1.21. The summed E-state index contributed by atoms with van der Waals surface area (Å²) in [6, 6.07) is 6.45. The Bertz CT molecular complexity index is 851. The van der Waals surface area contributed by atoms with Gasteiger partial charge >= 0.3 is 6.03 Å². The van der Waals surface area contributed by atoms with Crippen LogP contribution >= 0.6 is 15.9 Å². The predicted octanol–water partition coefficient (Wildman–Crippen LogP) is 2.78. The molecule has 1 atom stereocenters. The Hall–Kier alpha value is -2.48. The Kier molecular flexibility index (Phi) is 3.72. The summed E-state index contributed by atoms with van der Waals surface area (Å²) < 4.78 is 17.2. The van der Waals surface area contributed by atoms with Crippen LogP contribution in [0.2, 0.25) is 0 Å². The van der Waals surface area contributed by atoms with Gasteiger partial charge in [-0.25, -0.2) is 4.79 Å². The molecule has 1 N–H and O–H groups in total. The lowest BCUT2D eigenvalue weighted by Crippen LogP contribution is -2.40. The summed E-state index contributed by atoms with van der Waals surface area (Å²) in [5, 5.41) is 2.71. The zero-order valence-electron chi connectivity index (χ0n) is 13.4. The Morgan fingerprint density at radius 3 is 2.64 bits per heavy atom. The first-order valence-corrected chi connectivity index (χ1v) is 8.54. The maximum Gasteiger partial charge on any atom is 0.325 e. The molecule has 2 aliphatic rings. The van der Waals surface area contributed by atoms with Crippen molar-refractivity contribution in [2.75, 3.05) is 13.2 Å². The summed E-state index contributed by atoms with van der Waals surface area (Å²) in [6.07, 6.45) is 1.47. The highest BCUT2D eigenvalue weighted by Crippen LogP contribution is 2.37. The Morgan fingerprint density at radius 2 is 1.96 bits per heavy atom. The molecule has 0 radical (unpaired) electrons. The van der Waals surface area contributed by atoms with Gasteiger partial charge in [0, 0.05) is 4.47 Å². The molecule has 8 heteroatoms. The van der Waals surface area contributed by atoms with E-state index in [2.05, 4.69) is 21.2 Å². The minimum absolute atomic E-state index is 0.109. The lowest BCUT2D eigenvalue weighted by atomic mass is 9.99. The van der Waals surface area contributed by atoms with Crippen LogP contribution in [0.4, 0.5) is 4.79 Å². The third-order valence-electron chi connectivity index (χ3n) is 4.33.